The molecule has 1 fully saturated rings. The lowest BCUT2D eigenvalue weighted by Crippen LogP contribution is -2.41. The van der Waals surface area contributed by atoms with Gasteiger partial charge in [-0.1, -0.05) is 0 Å². The summed E-state index contributed by atoms with van der Waals surface area (Å²) in [6, 6.07) is 6.31. The van der Waals surface area contributed by atoms with Gasteiger partial charge in [-0.25, -0.2) is 4.98 Å². The Kier molecular flexibility index (Phi) is 3.12. The highest BCUT2D eigenvalue weighted by Gasteiger charge is 2.21. The maximum absolute atomic E-state index is 9.01. The van der Waals surface area contributed by atoms with Gasteiger partial charge < -0.3 is 4.90 Å². The average Bonchev–Trinajstić information content (AvgIpc) is 2.30. The monoisotopic (exact) mass is 219 g/mol. The summed E-state index contributed by atoms with van der Waals surface area (Å²) in [5, 5.41) is 9.01. The molecule has 1 aromatic rings. The second-order valence-corrected chi connectivity index (χ2v) is 4.75. The van der Waals surface area contributed by atoms with Crippen molar-refractivity contribution in [1.29, 1.82) is 5.26 Å². The van der Waals surface area contributed by atoms with E-state index in [1.165, 1.54) is 0 Å². The Bertz CT molecular complexity index is 386. The second-order valence-electron chi connectivity index (χ2n) is 3.60. The Hall–Kier alpha value is -1.21. The number of hydrogen-bond donors (Lipinski definition) is 0. The Morgan fingerprint density at radius 2 is 2.53 bits per heavy atom. The molecule has 3 nitrogen and oxygen atoms in total. The van der Waals surface area contributed by atoms with Crippen LogP contribution in [0.1, 0.15) is 12.5 Å². The van der Waals surface area contributed by atoms with Gasteiger partial charge in [-0.15, -0.1) is 0 Å². The number of nitrogens with zero attached hydrogens (tertiary/aromatic N) is 3. The Morgan fingerprint density at radius 1 is 1.67 bits per heavy atom. The van der Waals surface area contributed by atoms with Crippen LogP contribution in [0.5, 0.6) is 0 Å². The van der Waals surface area contributed by atoms with Crippen LogP contribution in [0.4, 0.5) is 5.82 Å². The van der Waals surface area contributed by atoms with Gasteiger partial charge in [0.1, 0.15) is 11.9 Å². The van der Waals surface area contributed by atoms with Crippen LogP contribution in [0, 0.1) is 11.3 Å². The first-order chi connectivity index (χ1) is 7.33. The number of pyridine rings is 1. The van der Waals surface area contributed by atoms with E-state index < -0.39 is 0 Å². The molecule has 1 aromatic heterocycles. The molecule has 0 spiro atoms. The predicted molar refractivity (Wildman–Crippen MR) is 63.1 cm³/mol. The summed E-state index contributed by atoms with van der Waals surface area (Å²) in [6.45, 7) is 3.17. The largest absolute Gasteiger partial charge is 0.351 e. The van der Waals surface area contributed by atoms with Crippen molar-refractivity contribution in [2.45, 2.75) is 13.0 Å². The summed E-state index contributed by atoms with van der Waals surface area (Å²) in [4.78, 5) is 6.55. The van der Waals surface area contributed by atoms with E-state index in [1.807, 2.05) is 23.9 Å². The molecule has 0 radical (unpaired) electrons. The predicted octanol–water partition coefficient (Wildman–Crippen LogP) is 1.89. The molecule has 1 aliphatic rings. The molecule has 2 rings (SSSR count). The van der Waals surface area contributed by atoms with Gasteiger partial charge in [0, 0.05) is 30.3 Å². The molecule has 0 aromatic carbocycles. The third kappa shape index (κ3) is 2.07. The van der Waals surface area contributed by atoms with Crippen molar-refractivity contribution >= 4 is 17.6 Å². The molecule has 15 heavy (non-hydrogen) atoms. The molecule has 0 amide bonds. The fraction of sp³-hybridized carbons (Fsp3) is 0.455. The Labute approximate surface area is 94.1 Å². The molecular formula is C11H13N3S. The van der Waals surface area contributed by atoms with E-state index >= 15 is 0 Å². The Morgan fingerprint density at radius 3 is 3.27 bits per heavy atom. The van der Waals surface area contributed by atoms with E-state index in [0.29, 0.717) is 11.6 Å². The van der Waals surface area contributed by atoms with Crippen LogP contribution in [0.25, 0.3) is 0 Å². The van der Waals surface area contributed by atoms with Gasteiger partial charge >= 0.3 is 0 Å². The van der Waals surface area contributed by atoms with Gasteiger partial charge in [0.15, 0.2) is 0 Å². The van der Waals surface area contributed by atoms with Gasteiger partial charge in [-0.05, 0) is 19.1 Å². The van der Waals surface area contributed by atoms with Crippen LogP contribution < -0.4 is 4.90 Å². The van der Waals surface area contributed by atoms with Gasteiger partial charge in [-0.2, -0.15) is 17.0 Å². The highest BCUT2D eigenvalue weighted by atomic mass is 32.2. The van der Waals surface area contributed by atoms with Crippen LogP contribution >= 0.6 is 11.8 Å². The van der Waals surface area contributed by atoms with Crippen molar-refractivity contribution in [2.75, 3.05) is 23.0 Å². The third-order valence-corrected chi connectivity index (χ3v) is 3.74. The molecular weight excluding hydrogens is 206 g/mol. The Balaban J connectivity index is 2.31. The van der Waals surface area contributed by atoms with Crippen LogP contribution in [-0.2, 0) is 0 Å². The molecule has 1 saturated heterocycles. The summed E-state index contributed by atoms with van der Waals surface area (Å²) in [6.07, 6.45) is 1.75. The van der Waals surface area contributed by atoms with Crippen molar-refractivity contribution in [2.24, 2.45) is 0 Å². The molecule has 0 aliphatic carbocycles. The lowest BCUT2D eigenvalue weighted by Gasteiger charge is -2.34. The average molecular weight is 219 g/mol. The van der Waals surface area contributed by atoms with E-state index in [-0.39, 0.29) is 0 Å². The maximum Gasteiger partial charge on any atom is 0.146 e. The molecule has 1 unspecified atom stereocenters. The lowest BCUT2D eigenvalue weighted by atomic mass is 10.2. The minimum Gasteiger partial charge on any atom is -0.351 e. The van der Waals surface area contributed by atoms with Gasteiger partial charge in [0.25, 0.3) is 0 Å². The standard InChI is InChI=1S/C11H13N3S/c1-9-8-15-6-5-14(9)11-10(7-12)3-2-4-13-11/h2-4,9H,5-6,8H2,1H3. The van der Waals surface area contributed by atoms with Crippen molar-refractivity contribution in [3.63, 3.8) is 0 Å². The first-order valence-electron chi connectivity index (χ1n) is 5.02. The summed E-state index contributed by atoms with van der Waals surface area (Å²) in [5.41, 5.74) is 0.677. The molecule has 0 N–H and O–H groups in total. The quantitative estimate of drug-likeness (QED) is 0.723. The van der Waals surface area contributed by atoms with Crippen LogP contribution in [-0.4, -0.2) is 29.1 Å². The topological polar surface area (TPSA) is 39.9 Å². The zero-order valence-electron chi connectivity index (χ0n) is 8.68. The van der Waals surface area contributed by atoms with Gasteiger partial charge in [-0.3, -0.25) is 0 Å². The van der Waals surface area contributed by atoms with Crippen LogP contribution in [0.15, 0.2) is 18.3 Å². The van der Waals surface area contributed by atoms with E-state index in [1.54, 1.807) is 6.20 Å². The number of aromatic nitrogens is 1. The fourth-order valence-electron chi connectivity index (χ4n) is 1.75. The molecule has 4 heteroatoms. The fourth-order valence-corrected chi connectivity index (χ4v) is 2.77. The summed E-state index contributed by atoms with van der Waals surface area (Å²) in [5.74, 6) is 3.07. The lowest BCUT2D eigenvalue weighted by molar-refractivity contribution is 0.689. The number of hydrogen-bond acceptors (Lipinski definition) is 4. The van der Waals surface area contributed by atoms with E-state index in [2.05, 4.69) is 22.9 Å². The molecule has 0 saturated carbocycles. The number of anilines is 1. The minimum atomic E-state index is 0.464. The number of thioether (sulfide) groups is 1. The molecule has 78 valence electrons. The van der Waals surface area contributed by atoms with Crippen molar-refractivity contribution in [3.05, 3.63) is 23.9 Å². The van der Waals surface area contributed by atoms with E-state index in [9.17, 15) is 0 Å². The third-order valence-electron chi connectivity index (χ3n) is 2.55. The maximum atomic E-state index is 9.01. The van der Waals surface area contributed by atoms with Crippen molar-refractivity contribution in [3.8, 4) is 6.07 Å². The highest BCUT2D eigenvalue weighted by molar-refractivity contribution is 7.99. The summed E-state index contributed by atoms with van der Waals surface area (Å²) in [7, 11) is 0. The molecule has 1 atom stereocenters. The number of rotatable bonds is 1. The first kappa shape index (κ1) is 10.3. The smallest absolute Gasteiger partial charge is 0.146 e. The zero-order valence-corrected chi connectivity index (χ0v) is 9.50. The van der Waals surface area contributed by atoms with Crippen LogP contribution in [0.2, 0.25) is 0 Å². The molecule has 0 bridgehead atoms. The van der Waals surface area contributed by atoms with Gasteiger partial charge in [0.2, 0.25) is 0 Å². The summed E-state index contributed by atoms with van der Waals surface area (Å²) >= 11 is 1.96. The summed E-state index contributed by atoms with van der Waals surface area (Å²) < 4.78 is 0. The number of nitriles is 1. The normalized spacial score (nSPS) is 21.1. The minimum absolute atomic E-state index is 0.464. The van der Waals surface area contributed by atoms with E-state index in [4.69, 9.17) is 5.26 Å². The molecule has 1 aliphatic heterocycles. The van der Waals surface area contributed by atoms with E-state index in [0.717, 1.165) is 23.9 Å². The zero-order chi connectivity index (χ0) is 10.7. The molecule has 2 heterocycles. The SMILES string of the molecule is CC1CSCCN1c1ncccc1C#N. The van der Waals surface area contributed by atoms with Crippen molar-refractivity contribution in [1.82, 2.24) is 4.98 Å². The first-order valence-corrected chi connectivity index (χ1v) is 6.18. The highest BCUT2D eigenvalue weighted by Crippen LogP contribution is 2.24. The van der Waals surface area contributed by atoms with Crippen LogP contribution in [0.3, 0.4) is 0 Å². The van der Waals surface area contributed by atoms with Gasteiger partial charge in [0.05, 0.1) is 5.56 Å². The second kappa shape index (κ2) is 4.54. The van der Waals surface area contributed by atoms with Crippen molar-refractivity contribution < 1.29 is 0 Å².